The Balaban J connectivity index is 2.20. The molecule has 2 nitrogen and oxygen atoms in total. The molecule has 2 heteroatoms. The summed E-state index contributed by atoms with van der Waals surface area (Å²) in [5, 5.41) is 0. The molecule has 17 heavy (non-hydrogen) atoms. The number of hydrogen-bond donors (Lipinski definition) is 1. The van der Waals surface area contributed by atoms with E-state index in [9.17, 15) is 0 Å². The first kappa shape index (κ1) is 15.0. The maximum atomic E-state index is 5.69. The fourth-order valence-corrected chi connectivity index (χ4v) is 3.07. The smallest absolute Gasteiger partial charge is 0.00669 e. The Bertz CT molecular complexity index is 187. The minimum absolute atomic E-state index is 0.789. The van der Waals surface area contributed by atoms with Crippen molar-refractivity contribution in [2.45, 2.75) is 65.3 Å². The third kappa shape index (κ3) is 5.39. The molecule has 2 N–H and O–H groups in total. The van der Waals surface area contributed by atoms with E-state index in [2.05, 4.69) is 25.7 Å². The summed E-state index contributed by atoms with van der Waals surface area (Å²) in [5.41, 5.74) is 5.69. The van der Waals surface area contributed by atoms with Gasteiger partial charge in [0.05, 0.1) is 0 Å². The summed E-state index contributed by atoms with van der Waals surface area (Å²) in [6, 6.07) is 0.816. The van der Waals surface area contributed by atoms with Crippen molar-refractivity contribution in [2.24, 2.45) is 17.6 Å². The Kier molecular flexibility index (Phi) is 7.14. The van der Waals surface area contributed by atoms with E-state index in [0.29, 0.717) is 0 Å². The molecule has 2 unspecified atom stereocenters. The lowest BCUT2D eigenvalue weighted by Crippen LogP contribution is -2.38. The monoisotopic (exact) mass is 240 g/mol. The van der Waals surface area contributed by atoms with Crippen LogP contribution in [0.3, 0.4) is 0 Å². The fourth-order valence-electron chi connectivity index (χ4n) is 3.07. The van der Waals surface area contributed by atoms with E-state index in [1.165, 1.54) is 51.6 Å². The highest BCUT2D eigenvalue weighted by Crippen LogP contribution is 2.22. The molecule has 1 heterocycles. The van der Waals surface area contributed by atoms with Crippen molar-refractivity contribution in [3.63, 3.8) is 0 Å². The van der Waals surface area contributed by atoms with Gasteiger partial charge in [-0.15, -0.1) is 0 Å². The van der Waals surface area contributed by atoms with E-state index < -0.39 is 0 Å². The first-order chi connectivity index (χ1) is 8.15. The summed E-state index contributed by atoms with van der Waals surface area (Å²) in [4.78, 5) is 2.68. The lowest BCUT2D eigenvalue weighted by Gasteiger charge is -2.33. The third-order valence-electron chi connectivity index (χ3n) is 4.44. The molecular formula is C15H32N2. The molecule has 0 spiro atoms. The fraction of sp³-hybridized carbons (Fsp3) is 1.00. The van der Waals surface area contributed by atoms with E-state index in [1.54, 1.807) is 0 Å². The average Bonchev–Trinajstić information content (AvgIpc) is 2.30. The summed E-state index contributed by atoms with van der Waals surface area (Å²) in [6.45, 7) is 10.5. The van der Waals surface area contributed by atoms with Crippen LogP contribution < -0.4 is 5.73 Å². The van der Waals surface area contributed by atoms with Crippen molar-refractivity contribution in [2.75, 3.05) is 19.6 Å². The molecule has 1 saturated heterocycles. The van der Waals surface area contributed by atoms with Crippen LogP contribution in [0.4, 0.5) is 0 Å². The zero-order valence-electron chi connectivity index (χ0n) is 12.1. The molecule has 0 bridgehead atoms. The van der Waals surface area contributed by atoms with Gasteiger partial charge in [-0.05, 0) is 70.5 Å². The second-order valence-electron chi connectivity index (χ2n) is 6.10. The molecular weight excluding hydrogens is 208 g/mol. The quantitative estimate of drug-likeness (QED) is 0.740. The third-order valence-corrected chi connectivity index (χ3v) is 4.44. The van der Waals surface area contributed by atoms with Crippen molar-refractivity contribution in [1.29, 1.82) is 0 Å². The van der Waals surface area contributed by atoms with Gasteiger partial charge in [0, 0.05) is 6.04 Å². The predicted octanol–water partition coefficient (Wildman–Crippen LogP) is 3.26. The molecule has 0 saturated carbocycles. The maximum absolute atomic E-state index is 5.69. The summed E-state index contributed by atoms with van der Waals surface area (Å²) < 4.78 is 0. The lowest BCUT2D eigenvalue weighted by molar-refractivity contribution is 0.152. The molecule has 2 atom stereocenters. The average molecular weight is 240 g/mol. The first-order valence-electron chi connectivity index (χ1n) is 7.59. The summed E-state index contributed by atoms with van der Waals surface area (Å²) in [5.74, 6) is 1.62. The van der Waals surface area contributed by atoms with Crippen LogP contribution in [0.2, 0.25) is 0 Å². The Morgan fingerprint density at radius 1 is 1.24 bits per heavy atom. The SMILES string of the molecule is CC(C)C(CCN)CCCN1CCCCC1C. The van der Waals surface area contributed by atoms with Crippen molar-refractivity contribution in [1.82, 2.24) is 4.90 Å². The molecule has 102 valence electrons. The number of piperidine rings is 1. The molecule has 0 radical (unpaired) electrons. The zero-order chi connectivity index (χ0) is 12.7. The lowest BCUT2D eigenvalue weighted by atomic mass is 9.88. The number of nitrogens with two attached hydrogens (primary N) is 1. The van der Waals surface area contributed by atoms with Crippen LogP contribution in [0.1, 0.15) is 59.3 Å². The van der Waals surface area contributed by atoms with Crippen LogP contribution in [0.15, 0.2) is 0 Å². The van der Waals surface area contributed by atoms with Gasteiger partial charge in [0.1, 0.15) is 0 Å². The van der Waals surface area contributed by atoms with Crippen LogP contribution in [0.25, 0.3) is 0 Å². The summed E-state index contributed by atoms with van der Waals surface area (Å²) in [6.07, 6.45) is 8.15. The van der Waals surface area contributed by atoms with E-state index in [1.807, 2.05) is 0 Å². The van der Waals surface area contributed by atoms with Gasteiger partial charge in [0.25, 0.3) is 0 Å². The van der Waals surface area contributed by atoms with Crippen molar-refractivity contribution in [3.8, 4) is 0 Å². The van der Waals surface area contributed by atoms with Gasteiger partial charge in [0.15, 0.2) is 0 Å². The van der Waals surface area contributed by atoms with E-state index in [4.69, 9.17) is 5.73 Å². The number of hydrogen-bond acceptors (Lipinski definition) is 2. The van der Waals surface area contributed by atoms with Crippen molar-refractivity contribution >= 4 is 0 Å². The molecule has 1 rings (SSSR count). The van der Waals surface area contributed by atoms with Gasteiger partial charge in [-0.25, -0.2) is 0 Å². The van der Waals surface area contributed by atoms with Gasteiger partial charge in [0.2, 0.25) is 0 Å². The van der Waals surface area contributed by atoms with Crippen LogP contribution in [-0.2, 0) is 0 Å². The highest BCUT2D eigenvalue weighted by atomic mass is 15.1. The van der Waals surface area contributed by atoms with Gasteiger partial charge >= 0.3 is 0 Å². The van der Waals surface area contributed by atoms with Crippen molar-refractivity contribution < 1.29 is 0 Å². The molecule has 1 aliphatic rings. The predicted molar refractivity (Wildman–Crippen MR) is 76.1 cm³/mol. The number of rotatable bonds is 7. The Labute approximate surface area is 108 Å². The standard InChI is InChI=1S/C15H32N2/c1-13(2)15(9-10-16)8-6-12-17-11-5-4-7-14(17)3/h13-15H,4-12,16H2,1-3H3. The number of nitrogens with zero attached hydrogens (tertiary/aromatic N) is 1. The minimum atomic E-state index is 0.789. The highest BCUT2D eigenvalue weighted by molar-refractivity contribution is 4.73. The van der Waals surface area contributed by atoms with Crippen molar-refractivity contribution in [3.05, 3.63) is 0 Å². The highest BCUT2D eigenvalue weighted by Gasteiger charge is 2.18. The minimum Gasteiger partial charge on any atom is -0.330 e. The molecule has 0 aromatic heterocycles. The van der Waals surface area contributed by atoms with Gasteiger partial charge in [-0.1, -0.05) is 20.3 Å². The largest absolute Gasteiger partial charge is 0.330 e. The summed E-state index contributed by atoms with van der Waals surface area (Å²) >= 11 is 0. The normalized spacial score (nSPS) is 24.2. The zero-order valence-corrected chi connectivity index (χ0v) is 12.1. The van der Waals surface area contributed by atoms with Crippen LogP contribution in [0.5, 0.6) is 0 Å². The Hall–Kier alpha value is -0.0800. The second-order valence-corrected chi connectivity index (χ2v) is 6.10. The van der Waals surface area contributed by atoms with E-state index >= 15 is 0 Å². The van der Waals surface area contributed by atoms with Gasteiger partial charge in [-0.2, -0.15) is 0 Å². The molecule has 0 aromatic rings. The summed E-state index contributed by atoms with van der Waals surface area (Å²) in [7, 11) is 0. The van der Waals surface area contributed by atoms with E-state index in [0.717, 1.165) is 24.4 Å². The molecule has 0 aliphatic carbocycles. The first-order valence-corrected chi connectivity index (χ1v) is 7.59. The molecule has 1 fully saturated rings. The van der Waals surface area contributed by atoms with Crippen LogP contribution >= 0.6 is 0 Å². The molecule has 1 aliphatic heterocycles. The van der Waals surface area contributed by atoms with Gasteiger partial charge in [-0.3, -0.25) is 0 Å². The molecule has 0 amide bonds. The molecule has 0 aromatic carbocycles. The van der Waals surface area contributed by atoms with Gasteiger partial charge < -0.3 is 10.6 Å². The second kappa shape index (κ2) is 8.10. The number of likely N-dealkylation sites (tertiary alicyclic amines) is 1. The van der Waals surface area contributed by atoms with Crippen LogP contribution in [0, 0.1) is 11.8 Å². The maximum Gasteiger partial charge on any atom is 0.00669 e. The Morgan fingerprint density at radius 3 is 2.59 bits per heavy atom. The van der Waals surface area contributed by atoms with E-state index in [-0.39, 0.29) is 0 Å². The Morgan fingerprint density at radius 2 is 2.00 bits per heavy atom. The topological polar surface area (TPSA) is 29.3 Å². The van der Waals surface area contributed by atoms with Crippen LogP contribution in [-0.4, -0.2) is 30.6 Å².